The molecule has 2 saturated carbocycles. The molecule has 0 aromatic rings. The van der Waals surface area contributed by atoms with Gasteiger partial charge in [-0.2, -0.15) is 0 Å². The van der Waals surface area contributed by atoms with Crippen molar-refractivity contribution in [3.05, 3.63) is 0 Å². The molecule has 1 heterocycles. The Bertz CT molecular complexity index is 395. The first-order valence-corrected chi connectivity index (χ1v) is 7.27. The van der Waals surface area contributed by atoms with Crippen LogP contribution in [-0.2, 0) is 14.3 Å². The molecule has 6 heteroatoms. The van der Waals surface area contributed by atoms with E-state index in [0.29, 0.717) is 32.3 Å². The molecule has 3 rings (SSSR count). The van der Waals surface area contributed by atoms with E-state index in [-0.39, 0.29) is 11.8 Å². The van der Waals surface area contributed by atoms with Crippen molar-refractivity contribution in [2.75, 3.05) is 6.61 Å². The molecule has 3 fully saturated rings. The van der Waals surface area contributed by atoms with Crippen LogP contribution in [0.4, 0.5) is 0 Å². The Morgan fingerprint density at radius 3 is 2.75 bits per heavy atom. The normalized spacial score (nSPS) is 51.2. The molecule has 0 aromatic carbocycles. The fourth-order valence-electron chi connectivity index (χ4n) is 4.44. The van der Waals surface area contributed by atoms with Crippen LogP contribution in [-0.4, -0.2) is 52.5 Å². The van der Waals surface area contributed by atoms with Gasteiger partial charge in [0, 0.05) is 18.8 Å². The average molecular weight is 286 g/mol. The number of hydrogen-bond donors (Lipinski definition) is 3. The zero-order valence-electron chi connectivity index (χ0n) is 11.6. The van der Waals surface area contributed by atoms with Crippen LogP contribution in [0.1, 0.15) is 32.6 Å². The highest BCUT2D eigenvalue weighted by Crippen LogP contribution is 2.57. The average Bonchev–Trinajstić information content (AvgIpc) is 2.36. The summed E-state index contributed by atoms with van der Waals surface area (Å²) >= 11 is 0. The SMILES string of the molecule is CC(=O)O[C@@H]1C[C@H](O)[C@]23CC[C@@H](O)C[C@H]2[C@H]1[C@H](O)OC3. The van der Waals surface area contributed by atoms with Gasteiger partial charge >= 0.3 is 5.97 Å². The van der Waals surface area contributed by atoms with E-state index in [0.717, 1.165) is 0 Å². The van der Waals surface area contributed by atoms with E-state index in [9.17, 15) is 20.1 Å². The topological polar surface area (TPSA) is 96.2 Å². The third-order valence-corrected chi connectivity index (χ3v) is 5.39. The highest BCUT2D eigenvalue weighted by Gasteiger charge is 2.62. The summed E-state index contributed by atoms with van der Waals surface area (Å²) in [7, 11) is 0. The maximum atomic E-state index is 11.2. The predicted molar refractivity (Wildman–Crippen MR) is 67.4 cm³/mol. The molecule has 0 aromatic heterocycles. The third kappa shape index (κ3) is 2.06. The summed E-state index contributed by atoms with van der Waals surface area (Å²) < 4.78 is 10.7. The van der Waals surface area contributed by atoms with Crippen molar-refractivity contribution in [3.8, 4) is 0 Å². The number of rotatable bonds is 1. The molecular weight excluding hydrogens is 264 g/mol. The van der Waals surface area contributed by atoms with Gasteiger partial charge in [0.25, 0.3) is 0 Å². The van der Waals surface area contributed by atoms with E-state index >= 15 is 0 Å². The molecule has 2 bridgehead atoms. The van der Waals surface area contributed by atoms with Gasteiger partial charge in [-0.3, -0.25) is 4.79 Å². The van der Waals surface area contributed by atoms with Gasteiger partial charge in [-0.05, 0) is 25.2 Å². The molecule has 114 valence electrons. The largest absolute Gasteiger partial charge is 0.462 e. The molecule has 3 aliphatic rings. The van der Waals surface area contributed by atoms with E-state index in [4.69, 9.17) is 9.47 Å². The van der Waals surface area contributed by atoms with Crippen LogP contribution < -0.4 is 0 Å². The number of carbonyl (C=O) groups is 1. The first-order chi connectivity index (χ1) is 9.44. The van der Waals surface area contributed by atoms with E-state index in [1.165, 1.54) is 6.92 Å². The second kappa shape index (κ2) is 4.94. The van der Waals surface area contributed by atoms with Crippen molar-refractivity contribution in [3.63, 3.8) is 0 Å². The number of hydrogen-bond acceptors (Lipinski definition) is 6. The number of aliphatic hydroxyl groups is 3. The van der Waals surface area contributed by atoms with Gasteiger partial charge in [-0.15, -0.1) is 0 Å². The highest BCUT2D eigenvalue weighted by molar-refractivity contribution is 5.66. The smallest absolute Gasteiger partial charge is 0.302 e. The van der Waals surface area contributed by atoms with Crippen molar-refractivity contribution < 1.29 is 29.6 Å². The molecule has 0 unspecified atom stereocenters. The molecule has 7 atom stereocenters. The van der Waals surface area contributed by atoms with Gasteiger partial charge in [0.15, 0.2) is 6.29 Å². The molecule has 0 radical (unpaired) electrons. The molecule has 2 aliphatic carbocycles. The monoisotopic (exact) mass is 286 g/mol. The van der Waals surface area contributed by atoms with E-state index in [1.807, 2.05) is 0 Å². The van der Waals surface area contributed by atoms with Crippen LogP contribution in [0.15, 0.2) is 0 Å². The van der Waals surface area contributed by atoms with Crippen LogP contribution >= 0.6 is 0 Å². The number of ether oxygens (including phenoxy) is 2. The number of carbonyl (C=O) groups excluding carboxylic acids is 1. The summed E-state index contributed by atoms with van der Waals surface area (Å²) in [6.45, 7) is 1.62. The van der Waals surface area contributed by atoms with Crippen LogP contribution in [0.5, 0.6) is 0 Å². The minimum absolute atomic E-state index is 0.0805. The second-order valence-corrected chi connectivity index (χ2v) is 6.45. The summed E-state index contributed by atoms with van der Waals surface area (Å²) in [5.41, 5.74) is -0.417. The van der Waals surface area contributed by atoms with E-state index in [1.54, 1.807) is 0 Å². The van der Waals surface area contributed by atoms with Gasteiger partial charge in [-0.1, -0.05) is 0 Å². The fraction of sp³-hybridized carbons (Fsp3) is 0.929. The Hall–Kier alpha value is -0.690. The zero-order valence-corrected chi connectivity index (χ0v) is 11.6. The third-order valence-electron chi connectivity index (χ3n) is 5.39. The van der Waals surface area contributed by atoms with Gasteiger partial charge in [0.1, 0.15) is 6.10 Å². The fourth-order valence-corrected chi connectivity index (χ4v) is 4.44. The molecule has 0 amide bonds. The minimum Gasteiger partial charge on any atom is -0.462 e. The van der Waals surface area contributed by atoms with Crippen molar-refractivity contribution in [1.29, 1.82) is 0 Å². The number of aliphatic hydroxyl groups excluding tert-OH is 3. The predicted octanol–water partition coefficient (Wildman–Crippen LogP) is -0.205. The lowest BCUT2D eigenvalue weighted by Gasteiger charge is -2.60. The molecule has 1 aliphatic heterocycles. The van der Waals surface area contributed by atoms with Crippen molar-refractivity contribution >= 4 is 5.97 Å². The Balaban J connectivity index is 1.93. The lowest BCUT2D eigenvalue weighted by atomic mass is 9.52. The van der Waals surface area contributed by atoms with Gasteiger partial charge in [-0.25, -0.2) is 0 Å². The van der Waals surface area contributed by atoms with Crippen molar-refractivity contribution in [2.24, 2.45) is 17.3 Å². The Labute approximate surface area is 117 Å². The minimum atomic E-state index is -1.00. The summed E-state index contributed by atoms with van der Waals surface area (Å²) in [5.74, 6) is -0.877. The van der Waals surface area contributed by atoms with Gasteiger partial charge in [0.05, 0.1) is 24.7 Å². The molecule has 0 spiro atoms. The molecule has 1 saturated heterocycles. The van der Waals surface area contributed by atoms with Gasteiger partial charge in [0.2, 0.25) is 0 Å². The Morgan fingerprint density at radius 2 is 2.05 bits per heavy atom. The van der Waals surface area contributed by atoms with Crippen LogP contribution in [0.25, 0.3) is 0 Å². The lowest BCUT2D eigenvalue weighted by Crippen LogP contribution is -2.65. The quantitative estimate of drug-likeness (QED) is 0.577. The molecule has 6 nitrogen and oxygen atoms in total. The Kier molecular flexibility index (Phi) is 3.52. The van der Waals surface area contributed by atoms with Crippen LogP contribution in [0.2, 0.25) is 0 Å². The highest BCUT2D eigenvalue weighted by atomic mass is 16.6. The van der Waals surface area contributed by atoms with Crippen molar-refractivity contribution in [2.45, 2.75) is 57.2 Å². The van der Waals surface area contributed by atoms with E-state index < -0.39 is 36.0 Å². The van der Waals surface area contributed by atoms with Crippen LogP contribution in [0.3, 0.4) is 0 Å². The second-order valence-electron chi connectivity index (χ2n) is 6.45. The Morgan fingerprint density at radius 1 is 1.30 bits per heavy atom. The maximum Gasteiger partial charge on any atom is 0.302 e. The lowest BCUT2D eigenvalue weighted by molar-refractivity contribution is -0.304. The standard InChI is InChI=1S/C14H22O6/c1-7(15)20-10-5-11(17)14-3-2-8(16)4-9(14)12(10)13(18)19-6-14/h8-13,16-18H,2-6H2,1H3/t8-,9+,10-,11+,12-,13-,14+/m1/s1. The molecule has 20 heavy (non-hydrogen) atoms. The molecular formula is C14H22O6. The van der Waals surface area contributed by atoms with Crippen LogP contribution in [0, 0.1) is 17.3 Å². The summed E-state index contributed by atoms with van der Waals surface area (Å²) in [5, 5.41) is 30.6. The summed E-state index contributed by atoms with van der Waals surface area (Å²) in [6, 6.07) is 0. The van der Waals surface area contributed by atoms with Crippen molar-refractivity contribution in [1.82, 2.24) is 0 Å². The first kappa shape index (κ1) is 14.3. The number of esters is 1. The van der Waals surface area contributed by atoms with Gasteiger partial charge < -0.3 is 24.8 Å². The summed E-state index contributed by atoms with van der Waals surface area (Å²) in [4.78, 5) is 11.2. The molecule has 3 N–H and O–H groups in total. The summed E-state index contributed by atoms with van der Waals surface area (Å²) in [6.07, 6.45) is -0.459. The maximum absolute atomic E-state index is 11.2. The first-order valence-electron chi connectivity index (χ1n) is 7.27. The van der Waals surface area contributed by atoms with E-state index in [2.05, 4.69) is 0 Å². The zero-order chi connectivity index (χ0) is 14.5.